The van der Waals surface area contributed by atoms with E-state index in [0.717, 1.165) is 24.3 Å². The lowest BCUT2D eigenvalue weighted by Crippen LogP contribution is -2.24. The first-order valence-electron chi connectivity index (χ1n) is 4.88. The van der Waals surface area contributed by atoms with Gasteiger partial charge in [-0.05, 0) is 24.1 Å². The molecule has 4 heteroatoms. The van der Waals surface area contributed by atoms with Gasteiger partial charge in [-0.15, -0.1) is 12.4 Å². The zero-order chi connectivity index (χ0) is 10.1. The third-order valence-electron chi connectivity index (χ3n) is 2.56. The van der Waals surface area contributed by atoms with E-state index in [-0.39, 0.29) is 18.4 Å². The summed E-state index contributed by atoms with van der Waals surface area (Å²) in [5.41, 5.74) is 7.67. The predicted molar refractivity (Wildman–Crippen MR) is 61.5 cm³/mol. The van der Waals surface area contributed by atoms with Crippen LogP contribution in [-0.2, 0) is 6.42 Å². The van der Waals surface area contributed by atoms with Crippen molar-refractivity contribution in [1.82, 2.24) is 0 Å². The van der Waals surface area contributed by atoms with Gasteiger partial charge in [-0.25, -0.2) is 0 Å². The third-order valence-corrected chi connectivity index (χ3v) is 2.56. The fourth-order valence-corrected chi connectivity index (χ4v) is 1.67. The van der Waals surface area contributed by atoms with Crippen molar-refractivity contribution in [3.63, 3.8) is 0 Å². The van der Waals surface area contributed by atoms with E-state index in [9.17, 15) is 5.11 Å². The number of hydrogen-bond donors (Lipinski definition) is 2. The monoisotopic (exact) mass is 229 g/mol. The van der Waals surface area contributed by atoms with Gasteiger partial charge in [-0.3, -0.25) is 0 Å². The molecular formula is C11H16ClNO2. The molecule has 0 spiro atoms. The van der Waals surface area contributed by atoms with Crippen molar-refractivity contribution >= 4 is 12.4 Å². The van der Waals surface area contributed by atoms with Gasteiger partial charge in [0, 0.05) is 12.5 Å². The van der Waals surface area contributed by atoms with Crippen LogP contribution < -0.4 is 10.5 Å². The molecule has 0 fully saturated rings. The molecule has 3 N–H and O–H groups in total. The summed E-state index contributed by atoms with van der Waals surface area (Å²) in [5.74, 6) is 0.891. The third kappa shape index (κ3) is 2.43. The molecule has 1 heterocycles. The first-order valence-corrected chi connectivity index (χ1v) is 4.88. The number of benzene rings is 1. The summed E-state index contributed by atoms with van der Waals surface area (Å²) in [4.78, 5) is 0. The van der Waals surface area contributed by atoms with Gasteiger partial charge in [-0.1, -0.05) is 12.1 Å². The Morgan fingerprint density at radius 3 is 2.87 bits per heavy atom. The van der Waals surface area contributed by atoms with Crippen molar-refractivity contribution in [2.45, 2.75) is 25.5 Å². The lowest BCUT2D eigenvalue weighted by molar-refractivity contribution is 0.153. The number of aliphatic hydroxyl groups excluding tert-OH is 1. The highest BCUT2D eigenvalue weighted by Crippen LogP contribution is 2.29. The molecule has 1 aliphatic heterocycles. The largest absolute Gasteiger partial charge is 0.493 e. The molecule has 3 nitrogen and oxygen atoms in total. The molecule has 0 aliphatic carbocycles. The second kappa shape index (κ2) is 4.84. The molecule has 0 unspecified atom stereocenters. The summed E-state index contributed by atoms with van der Waals surface area (Å²) in [7, 11) is 0. The summed E-state index contributed by atoms with van der Waals surface area (Å²) in [6.45, 7) is 2.53. The van der Waals surface area contributed by atoms with Crippen LogP contribution in [0, 0.1) is 0 Å². The molecule has 0 saturated carbocycles. The zero-order valence-corrected chi connectivity index (χ0v) is 9.46. The van der Waals surface area contributed by atoms with Crippen LogP contribution in [0.15, 0.2) is 18.2 Å². The van der Waals surface area contributed by atoms with E-state index in [2.05, 4.69) is 0 Å². The number of halogens is 1. The van der Waals surface area contributed by atoms with Crippen molar-refractivity contribution < 1.29 is 9.84 Å². The fourth-order valence-electron chi connectivity index (χ4n) is 1.67. The molecular weight excluding hydrogens is 214 g/mol. The van der Waals surface area contributed by atoms with Gasteiger partial charge in [0.1, 0.15) is 5.75 Å². The topological polar surface area (TPSA) is 55.5 Å². The van der Waals surface area contributed by atoms with Crippen molar-refractivity contribution in [2.24, 2.45) is 5.73 Å². The molecule has 0 bridgehead atoms. The Labute approximate surface area is 95.7 Å². The van der Waals surface area contributed by atoms with E-state index in [1.165, 1.54) is 5.56 Å². The Morgan fingerprint density at radius 1 is 1.47 bits per heavy atom. The number of rotatable bonds is 2. The SMILES string of the molecule is C[C@H](N)[C@H](O)c1ccc2c(c1)OCC2.Cl. The molecule has 0 saturated heterocycles. The molecule has 0 amide bonds. The molecule has 15 heavy (non-hydrogen) atoms. The predicted octanol–water partition coefficient (Wildman–Crippen LogP) is 1.42. The minimum absolute atomic E-state index is 0. The Bertz CT molecular complexity index is 341. The van der Waals surface area contributed by atoms with Gasteiger partial charge in [0.15, 0.2) is 0 Å². The summed E-state index contributed by atoms with van der Waals surface area (Å²) >= 11 is 0. The van der Waals surface area contributed by atoms with Gasteiger partial charge in [0.05, 0.1) is 12.7 Å². The van der Waals surface area contributed by atoms with Crippen LogP contribution in [0.4, 0.5) is 0 Å². The average Bonchev–Trinajstić information content (AvgIpc) is 2.62. The number of fused-ring (bicyclic) bond motifs is 1. The van der Waals surface area contributed by atoms with E-state index >= 15 is 0 Å². The number of ether oxygens (including phenoxy) is 1. The molecule has 1 aromatic rings. The van der Waals surface area contributed by atoms with Gasteiger partial charge in [0.25, 0.3) is 0 Å². The number of nitrogens with two attached hydrogens (primary N) is 1. The van der Waals surface area contributed by atoms with Crippen molar-refractivity contribution in [1.29, 1.82) is 0 Å². The summed E-state index contributed by atoms with van der Waals surface area (Å²) in [6.07, 6.45) is 0.355. The highest BCUT2D eigenvalue weighted by molar-refractivity contribution is 5.85. The maximum absolute atomic E-state index is 9.75. The first kappa shape index (κ1) is 12.3. The molecule has 1 aromatic carbocycles. The molecule has 84 valence electrons. The van der Waals surface area contributed by atoms with E-state index in [0.29, 0.717) is 0 Å². The highest BCUT2D eigenvalue weighted by atomic mass is 35.5. The lowest BCUT2D eigenvalue weighted by atomic mass is 10.0. The van der Waals surface area contributed by atoms with Crippen LogP contribution in [0.25, 0.3) is 0 Å². The average molecular weight is 230 g/mol. The number of aliphatic hydroxyl groups is 1. The van der Waals surface area contributed by atoms with Crippen LogP contribution in [0.5, 0.6) is 5.75 Å². The minimum atomic E-state index is -0.607. The maximum atomic E-state index is 9.75. The van der Waals surface area contributed by atoms with E-state index in [1.807, 2.05) is 18.2 Å². The van der Waals surface area contributed by atoms with Crippen LogP contribution in [0.2, 0.25) is 0 Å². The molecule has 1 aliphatic rings. The van der Waals surface area contributed by atoms with Crippen LogP contribution in [-0.4, -0.2) is 17.8 Å². The fraction of sp³-hybridized carbons (Fsp3) is 0.455. The van der Waals surface area contributed by atoms with Crippen LogP contribution in [0.3, 0.4) is 0 Å². The first-order chi connectivity index (χ1) is 6.68. The second-order valence-electron chi connectivity index (χ2n) is 3.77. The van der Waals surface area contributed by atoms with Gasteiger partial charge < -0.3 is 15.6 Å². The standard InChI is InChI=1S/C11H15NO2.ClH/c1-7(12)11(13)9-3-2-8-4-5-14-10(8)6-9;/h2-3,6-7,11,13H,4-5,12H2,1H3;1H/t7-,11-;/m0./s1. The van der Waals surface area contributed by atoms with E-state index in [1.54, 1.807) is 6.92 Å². The molecule has 0 aromatic heterocycles. The Hall–Kier alpha value is -0.770. The normalized spacial score (nSPS) is 17.3. The summed E-state index contributed by atoms with van der Waals surface area (Å²) in [6, 6.07) is 5.55. The summed E-state index contributed by atoms with van der Waals surface area (Å²) < 4.78 is 5.42. The zero-order valence-electron chi connectivity index (χ0n) is 8.64. The second-order valence-corrected chi connectivity index (χ2v) is 3.77. The highest BCUT2D eigenvalue weighted by Gasteiger charge is 2.17. The van der Waals surface area contributed by atoms with Crippen LogP contribution in [0.1, 0.15) is 24.2 Å². The molecule has 2 rings (SSSR count). The summed E-state index contributed by atoms with van der Waals surface area (Å²) in [5, 5.41) is 9.75. The van der Waals surface area contributed by atoms with Gasteiger partial charge in [-0.2, -0.15) is 0 Å². The van der Waals surface area contributed by atoms with Gasteiger partial charge >= 0.3 is 0 Å². The smallest absolute Gasteiger partial charge is 0.122 e. The molecule has 2 atom stereocenters. The van der Waals surface area contributed by atoms with Crippen LogP contribution >= 0.6 is 12.4 Å². The van der Waals surface area contributed by atoms with E-state index < -0.39 is 6.10 Å². The van der Waals surface area contributed by atoms with Crippen molar-refractivity contribution in [3.05, 3.63) is 29.3 Å². The maximum Gasteiger partial charge on any atom is 0.122 e. The van der Waals surface area contributed by atoms with Crippen molar-refractivity contribution in [3.8, 4) is 5.75 Å². The quantitative estimate of drug-likeness (QED) is 0.807. The van der Waals surface area contributed by atoms with E-state index in [4.69, 9.17) is 10.5 Å². The minimum Gasteiger partial charge on any atom is -0.493 e. The number of hydrogen-bond acceptors (Lipinski definition) is 3. The lowest BCUT2D eigenvalue weighted by Gasteiger charge is -2.15. The Morgan fingerprint density at radius 2 is 2.20 bits per heavy atom. The Kier molecular flexibility index (Phi) is 3.97. The van der Waals surface area contributed by atoms with Gasteiger partial charge in [0.2, 0.25) is 0 Å². The Balaban J connectivity index is 0.00000112. The molecule has 0 radical (unpaired) electrons. The van der Waals surface area contributed by atoms with Crippen molar-refractivity contribution in [2.75, 3.05) is 6.61 Å².